The van der Waals surface area contributed by atoms with Gasteiger partial charge in [0.25, 0.3) is 17.7 Å². The number of rotatable bonds is 2. The van der Waals surface area contributed by atoms with Crippen LogP contribution in [0.25, 0.3) is 0 Å². The first-order valence-electron chi connectivity index (χ1n) is 3.28. The van der Waals surface area contributed by atoms with Crippen molar-refractivity contribution in [3.63, 3.8) is 0 Å². The molecule has 0 saturated heterocycles. The summed E-state index contributed by atoms with van der Waals surface area (Å²) in [5.41, 5.74) is -2.93. The number of nitrogens with zero attached hydrogens (tertiary/aromatic N) is 1. The monoisotopic (exact) mass is 224 g/mol. The maximum absolute atomic E-state index is 12.3. The topological polar surface area (TPSA) is 76.0 Å². The van der Waals surface area contributed by atoms with E-state index in [1.807, 2.05) is 4.98 Å². The van der Waals surface area contributed by atoms with Gasteiger partial charge in [0, 0.05) is 0 Å². The van der Waals surface area contributed by atoms with Crippen molar-refractivity contribution in [3.05, 3.63) is 37.3 Å². The number of hydrogen-bond acceptors (Lipinski definition) is 3. The molecular weight excluding hydrogens is 222 g/mol. The second kappa shape index (κ2) is 3.70. The SMILES string of the molecule is O=c1[nH]cc([N+](=O)[O-])c(C(F)F)c1Cl. The molecule has 1 aromatic heterocycles. The normalized spacial score (nSPS) is 10.6. The maximum Gasteiger partial charge on any atom is 0.295 e. The van der Waals surface area contributed by atoms with Gasteiger partial charge in [0.1, 0.15) is 10.6 Å². The zero-order chi connectivity index (χ0) is 10.9. The second-order valence-corrected chi connectivity index (χ2v) is 2.67. The van der Waals surface area contributed by atoms with Crippen LogP contribution < -0.4 is 5.56 Å². The van der Waals surface area contributed by atoms with Crippen LogP contribution in [0.3, 0.4) is 0 Å². The van der Waals surface area contributed by atoms with E-state index in [1.165, 1.54) is 0 Å². The summed E-state index contributed by atoms with van der Waals surface area (Å²) >= 11 is 5.21. The van der Waals surface area contributed by atoms with E-state index in [0.29, 0.717) is 6.20 Å². The van der Waals surface area contributed by atoms with Crippen molar-refractivity contribution in [1.82, 2.24) is 4.98 Å². The van der Waals surface area contributed by atoms with Crippen molar-refractivity contribution in [2.45, 2.75) is 6.43 Å². The third-order valence-electron chi connectivity index (χ3n) is 1.47. The predicted octanol–water partition coefficient (Wildman–Crippen LogP) is 1.87. The van der Waals surface area contributed by atoms with Crippen LogP contribution in [0.4, 0.5) is 14.5 Å². The van der Waals surface area contributed by atoms with E-state index in [1.54, 1.807) is 0 Å². The molecule has 0 atom stereocenters. The van der Waals surface area contributed by atoms with Gasteiger partial charge in [0.05, 0.1) is 11.1 Å². The van der Waals surface area contributed by atoms with Gasteiger partial charge in [-0.1, -0.05) is 11.6 Å². The van der Waals surface area contributed by atoms with Gasteiger partial charge in [-0.15, -0.1) is 0 Å². The summed E-state index contributed by atoms with van der Waals surface area (Å²) in [6.07, 6.45) is -2.57. The molecule has 0 unspecified atom stereocenters. The molecule has 8 heteroatoms. The lowest BCUT2D eigenvalue weighted by atomic mass is 10.2. The van der Waals surface area contributed by atoms with Crippen molar-refractivity contribution in [1.29, 1.82) is 0 Å². The molecule has 0 saturated carbocycles. The van der Waals surface area contributed by atoms with Gasteiger partial charge in [0.2, 0.25) is 0 Å². The van der Waals surface area contributed by atoms with Crippen molar-refractivity contribution in [3.8, 4) is 0 Å². The van der Waals surface area contributed by atoms with E-state index >= 15 is 0 Å². The van der Waals surface area contributed by atoms with Crippen LogP contribution >= 0.6 is 11.6 Å². The van der Waals surface area contributed by atoms with Crippen molar-refractivity contribution in [2.75, 3.05) is 0 Å². The minimum atomic E-state index is -3.16. The van der Waals surface area contributed by atoms with Crippen molar-refractivity contribution in [2.24, 2.45) is 0 Å². The van der Waals surface area contributed by atoms with Crippen molar-refractivity contribution < 1.29 is 13.7 Å². The minimum Gasteiger partial charge on any atom is -0.321 e. The third kappa shape index (κ3) is 1.72. The number of pyridine rings is 1. The third-order valence-corrected chi connectivity index (χ3v) is 1.84. The molecule has 0 radical (unpaired) electrons. The Balaban J connectivity index is 3.53. The summed E-state index contributed by atoms with van der Waals surface area (Å²) in [5, 5.41) is 9.43. The van der Waals surface area contributed by atoms with Gasteiger partial charge >= 0.3 is 0 Å². The number of hydrogen-bond donors (Lipinski definition) is 1. The van der Waals surface area contributed by atoms with E-state index < -0.39 is 33.2 Å². The van der Waals surface area contributed by atoms with Crippen LogP contribution in [0, 0.1) is 10.1 Å². The first kappa shape index (κ1) is 10.6. The molecular formula is C6H3ClF2N2O3. The largest absolute Gasteiger partial charge is 0.321 e. The summed E-state index contributed by atoms with van der Waals surface area (Å²) < 4.78 is 24.6. The average Bonchev–Trinajstić information content (AvgIpc) is 2.08. The van der Waals surface area contributed by atoms with Gasteiger partial charge in [-0.05, 0) is 0 Å². The number of aromatic nitrogens is 1. The van der Waals surface area contributed by atoms with Gasteiger partial charge in [-0.3, -0.25) is 14.9 Å². The Labute approximate surface area is 80.5 Å². The molecule has 1 heterocycles. The molecule has 0 aromatic carbocycles. The Hall–Kier alpha value is -1.50. The van der Waals surface area contributed by atoms with Crippen LogP contribution in [0.2, 0.25) is 5.02 Å². The molecule has 1 aromatic rings. The van der Waals surface area contributed by atoms with Crippen LogP contribution in [0.1, 0.15) is 12.0 Å². The molecule has 0 aliphatic heterocycles. The highest BCUT2D eigenvalue weighted by molar-refractivity contribution is 6.31. The summed E-state index contributed by atoms with van der Waals surface area (Å²) in [7, 11) is 0. The van der Waals surface area contributed by atoms with Gasteiger partial charge in [-0.2, -0.15) is 0 Å². The number of aromatic amines is 1. The molecule has 0 spiro atoms. The molecule has 0 amide bonds. The molecule has 1 rings (SSSR count). The molecule has 14 heavy (non-hydrogen) atoms. The van der Waals surface area contributed by atoms with E-state index in [0.717, 1.165) is 0 Å². The second-order valence-electron chi connectivity index (χ2n) is 2.29. The number of H-pyrrole nitrogens is 1. The van der Waals surface area contributed by atoms with Crippen LogP contribution in [-0.4, -0.2) is 9.91 Å². The lowest BCUT2D eigenvalue weighted by Crippen LogP contribution is -2.11. The Morgan fingerprint density at radius 2 is 2.14 bits per heavy atom. The predicted molar refractivity (Wildman–Crippen MR) is 43.7 cm³/mol. The summed E-state index contributed by atoms with van der Waals surface area (Å²) in [6.45, 7) is 0. The summed E-state index contributed by atoms with van der Waals surface area (Å²) in [6, 6.07) is 0. The fraction of sp³-hybridized carbons (Fsp3) is 0.167. The number of alkyl halides is 2. The first-order chi connectivity index (χ1) is 6.45. The number of nitro groups is 1. The van der Waals surface area contributed by atoms with Gasteiger partial charge in [0.15, 0.2) is 0 Å². The summed E-state index contributed by atoms with van der Waals surface area (Å²) in [5.74, 6) is 0. The van der Waals surface area contributed by atoms with E-state index in [2.05, 4.69) is 0 Å². The van der Waals surface area contributed by atoms with Crippen LogP contribution in [-0.2, 0) is 0 Å². The van der Waals surface area contributed by atoms with Crippen molar-refractivity contribution >= 4 is 17.3 Å². The molecule has 0 bridgehead atoms. The minimum absolute atomic E-state index is 0.593. The van der Waals surface area contributed by atoms with E-state index in [-0.39, 0.29) is 0 Å². The standard InChI is InChI=1S/C6H3ClF2N2O3/c7-4-3(5(8)9)2(11(13)14)1-10-6(4)12/h1,5H,(H,10,12). The van der Waals surface area contributed by atoms with E-state index in [9.17, 15) is 23.7 Å². The Morgan fingerprint density at radius 3 is 2.57 bits per heavy atom. The molecule has 76 valence electrons. The van der Waals surface area contributed by atoms with Gasteiger partial charge in [-0.25, -0.2) is 8.78 Å². The smallest absolute Gasteiger partial charge is 0.295 e. The molecule has 0 fully saturated rings. The van der Waals surface area contributed by atoms with Crippen LogP contribution in [0.5, 0.6) is 0 Å². The van der Waals surface area contributed by atoms with Gasteiger partial charge < -0.3 is 4.98 Å². The Morgan fingerprint density at radius 1 is 1.57 bits per heavy atom. The molecule has 0 aliphatic rings. The zero-order valence-electron chi connectivity index (χ0n) is 6.46. The zero-order valence-corrected chi connectivity index (χ0v) is 7.22. The van der Waals surface area contributed by atoms with Crippen LogP contribution in [0.15, 0.2) is 11.0 Å². The fourth-order valence-corrected chi connectivity index (χ4v) is 1.10. The summed E-state index contributed by atoms with van der Waals surface area (Å²) in [4.78, 5) is 21.9. The lowest BCUT2D eigenvalue weighted by molar-refractivity contribution is -0.386. The fourth-order valence-electron chi connectivity index (χ4n) is 0.868. The molecule has 0 aliphatic carbocycles. The molecule has 5 nitrogen and oxygen atoms in total. The first-order valence-corrected chi connectivity index (χ1v) is 3.66. The highest BCUT2D eigenvalue weighted by Crippen LogP contribution is 2.31. The quantitative estimate of drug-likeness (QED) is 0.615. The van der Waals surface area contributed by atoms with E-state index in [4.69, 9.17) is 11.6 Å². The highest BCUT2D eigenvalue weighted by Gasteiger charge is 2.26. The Kier molecular flexibility index (Phi) is 2.80. The number of nitrogens with one attached hydrogen (secondary N) is 1. The lowest BCUT2D eigenvalue weighted by Gasteiger charge is -2.02. The average molecular weight is 225 g/mol. The highest BCUT2D eigenvalue weighted by atomic mass is 35.5. The maximum atomic E-state index is 12.3. The number of halogens is 3. The molecule has 1 N–H and O–H groups in total. The Bertz CT molecular complexity index is 432.